The van der Waals surface area contributed by atoms with E-state index in [0.717, 1.165) is 10.4 Å². The summed E-state index contributed by atoms with van der Waals surface area (Å²) in [5.74, 6) is -0.581. The van der Waals surface area contributed by atoms with Gasteiger partial charge in [0, 0.05) is 10.4 Å². The molecule has 0 bridgehead atoms. The number of methoxy groups -OCH3 is 1. The molecule has 27 heavy (non-hydrogen) atoms. The molecule has 0 saturated carbocycles. The number of nitrogens with one attached hydrogen (secondary N) is 1. The fourth-order valence-electron chi connectivity index (χ4n) is 2.71. The molecule has 0 atom stereocenters. The Hall–Kier alpha value is -2.64. The molecule has 0 aliphatic heterocycles. The van der Waals surface area contributed by atoms with Gasteiger partial charge in [-0.15, -0.1) is 11.3 Å². The number of hydrogen-bond donors (Lipinski definition) is 1. The average molecular weight is 405 g/mol. The molecule has 8 heteroatoms. The summed E-state index contributed by atoms with van der Waals surface area (Å²) < 4.78 is 10.1. The van der Waals surface area contributed by atoms with Crippen LogP contribution in [0.3, 0.4) is 0 Å². The molecule has 0 saturated heterocycles. The Labute approximate surface area is 165 Å². The Balaban J connectivity index is 2.03. The van der Waals surface area contributed by atoms with E-state index in [0.29, 0.717) is 32.6 Å². The number of aryl methyl sites for hydroxylation is 2. The number of thiophene rings is 1. The molecule has 3 rings (SSSR count). The van der Waals surface area contributed by atoms with Crippen molar-refractivity contribution in [3.63, 3.8) is 0 Å². The van der Waals surface area contributed by atoms with Crippen molar-refractivity contribution in [2.75, 3.05) is 12.4 Å². The molecular formula is C19H17ClN2O4S. The summed E-state index contributed by atoms with van der Waals surface area (Å²) in [6.45, 7) is 5.34. The van der Waals surface area contributed by atoms with E-state index in [9.17, 15) is 9.59 Å². The van der Waals surface area contributed by atoms with Crippen LogP contribution < -0.4 is 5.32 Å². The van der Waals surface area contributed by atoms with Gasteiger partial charge in [0.2, 0.25) is 0 Å². The zero-order valence-corrected chi connectivity index (χ0v) is 16.7. The van der Waals surface area contributed by atoms with Crippen LogP contribution in [0.4, 0.5) is 5.00 Å². The lowest BCUT2D eigenvalue weighted by molar-refractivity contribution is 0.0601. The van der Waals surface area contributed by atoms with Crippen molar-refractivity contribution in [1.82, 2.24) is 5.16 Å². The average Bonchev–Trinajstić information content (AvgIpc) is 3.15. The standard InChI is InChI=1S/C19H17ClN2O4S/c1-9-11(3)27-18(14(9)19(24)25-4)21-17(23)15-10(2)26-22-16(15)12-7-5-6-8-13(12)20/h5-8H,1-4H3,(H,21,23). The molecule has 0 aliphatic rings. The lowest BCUT2D eigenvalue weighted by Gasteiger charge is -2.07. The van der Waals surface area contributed by atoms with E-state index in [1.807, 2.05) is 13.8 Å². The number of carbonyl (C=O) groups is 2. The molecule has 0 spiro atoms. The van der Waals surface area contributed by atoms with Crippen molar-refractivity contribution in [2.45, 2.75) is 20.8 Å². The second-order valence-corrected chi connectivity index (χ2v) is 7.51. The van der Waals surface area contributed by atoms with Gasteiger partial charge in [-0.25, -0.2) is 4.79 Å². The Morgan fingerprint density at radius 2 is 1.89 bits per heavy atom. The summed E-state index contributed by atoms with van der Waals surface area (Å²) in [4.78, 5) is 26.0. The highest BCUT2D eigenvalue weighted by atomic mass is 35.5. The minimum atomic E-state index is -0.500. The zero-order valence-electron chi connectivity index (χ0n) is 15.2. The summed E-state index contributed by atoms with van der Waals surface area (Å²) in [6, 6.07) is 7.06. The van der Waals surface area contributed by atoms with Crippen LogP contribution in [-0.4, -0.2) is 24.1 Å². The number of nitrogens with zero attached hydrogens (tertiary/aromatic N) is 1. The first-order valence-electron chi connectivity index (χ1n) is 8.06. The van der Waals surface area contributed by atoms with Crippen molar-refractivity contribution in [3.8, 4) is 11.3 Å². The molecule has 0 fully saturated rings. The summed E-state index contributed by atoms with van der Waals surface area (Å²) in [5.41, 5.74) is 2.33. The highest BCUT2D eigenvalue weighted by Crippen LogP contribution is 2.35. The molecule has 3 aromatic rings. The van der Waals surface area contributed by atoms with E-state index in [4.69, 9.17) is 20.9 Å². The molecule has 2 heterocycles. The molecule has 1 N–H and O–H groups in total. The third kappa shape index (κ3) is 3.48. The SMILES string of the molecule is COC(=O)c1c(NC(=O)c2c(-c3ccccc3Cl)noc2C)sc(C)c1C. The summed E-state index contributed by atoms with van der Waals surface area (Å²) in [7, 11) is 1.31. The van der Waals surface area contributed by atoms with Crippen LogP contribution >= 0.6 is 22.9 Å². The molecule has 0 aliphatic carbocycles. The highest BCUT2D eigenvalue weighted by molar-refractivity contribution is 7.16. The summed E-state index contributed by atoms with van der Waals surface area (Å²) in [5, 5.41) is 7.67. The van der Waals surface area contributed by atoms with Crippen LogP contribution in [0.15, 0.2) is 28.8 Å². The fraction of sp³-hybridized carbons (Fsp3) is 0.211. The molecule has 1 aromatic carbocycles. The van der Waals surface area contributed by atoms with E-state index < -0.39 is 11.9 Å². The van der Waals surface area contributed by atoms with Crippen molar-refractivity contribution in [3.05, 3.63) is 56.6 Å². The number of benzene rings is 1. The second-order valence-electron chi connectivity index (χ2n) is 5.88. The van der Waals surface area contributed by atoms with Gasteiger partial charge in [0.15, 0.2) is 0 Å². The van der Waals surface area contributed by atoms with Crippen LogP contribution in [0.2, 0.25) is 5.02 Å². The minimum Gasteiger partial charge on any atom is -0.465 e. The van der Waals surface area contributed by atoms with Crippen LogP contribution in [0.1, 0.15) is 36.9 Å². The normalized spacial score (nSPS) is 10.7. The topological polar surface area (TPSA) is 81.4 Å². The van der Waals surface area contributed by atoms with Crippen LogP contribution in [0.5, 0.6) is 0 Å². The van der Waals surface area contributed by atoms with Gasteiger partial charge in [-0.2, -0.15) is 0 Å². The van der Waals surface area contributed by atoms with Gasteiger partial charge in [-0.1, -0.05) is 35.0 Å². The summed E-state index contributed by atoms with van der Waals surface area (Å²) in [6.07, 6.45) is 0. The smallest absolute Gasteiger partial charge is 0.341 e. The molecule has 140 valence electrons. The lowest BCUT2D eigenvalue weighted by atomic mass is 10.1. The maximum atomic E-state index is 13.0. The number of ether oxygens (including phenoxy) is 1. The predicted molar refractivity (Wildman–Crippen MR) is 105 cm³/mol. The van der Waals surface area contributed by atoms with E-state index >= 15 is 0 Å². The van der Waals surface area contributed by atoms with Gasteiger partial charge < -0.3 is 14.6 Å². The van der Waals surface area contributed by atoms with Gasteiger partial charge in [-0.3, -0.25) is 4.79 Å². The Morgan fingerprint density at radius 3 is 2.56 bits per heavy atom. The first-order valence-corrected chi connectivity index (χ1v) is 9.25. The molecule has 0 unspecified atom stereocenters. The van der Waals surface area contributed by atoms with Gasteiger partial charge in [-0.05, 0) is 32.4 Å². The number of esters is 1. The number of aromatic nitrogens is 1. The number of hydrogen-bond acceptors (Lipinski definition) is 6. The minimum absolute atomic E-state index is 0.266. The quantitative estimate of drug-likeness (QED) is 0.617. The third-order valence-electron chi connectivity index (χ3n) is 4.22. The second kappa shape index (κ2) is 7.54. The molecule has 1 amide bonds. The van der Waals surface area contributed by atoms with Gasteiger partial charge in [0.25, 0.3) is 5.91 Å². The monoisotopic (exact) mass is 404 g/mol. The first-order chi connectivity index (χ1) is 12.8. The Kier molecular flexibility index (Phi) is 5.34. The van der Waals surface area contributed by atoms with Gasteiger partial charge >= 0.3 is 5.97 Å². The predicted octanol–water partition coefficient (Wildman–Crippen LogP) is 5.02. The maximum absolute atomic E-state index is 13.0. The number of amides is 1. The Bertz CT molecular complexity index is 1040. The lowest BCUT2D eigenvalue weighted by Crippen LogP contribution is -2.15. The maximum Gasteiger partial charge on any atom is 0.341 e. The van der Waals surface area contributed by atoms with Crippen molar-refractivity contribution >= 4 is 39.8 Å². The molecule has 2 aromatic heterocycles. The van der Waals surface area contributed by atoms with E-state index in [2.05, 4.69) is 10.5 Å². The number of halogens is 1. The van der Waals surface area contributed by atoms with Gasteiger partial charge in [0.1, 0.15) is 22.0 Å². The fourth-order valence-corrected chi connectivity index (χ4v) is 3.97. The first kappa shape index (κ1) is 19.1. The zero-order chi connectivity index (χ0) is 19.7. The largest absolute Gasteiger partial charge is 0.465 e. The molecule has 0 radical (unpaired) electrons. The third-order valence-corrected chi connectivity index (χ3v) is 5.67. The van der Waals surface area contributed by atoms with E-state index in [1.165, 1.54) is 18.4 Å². The van der Waals surface area contributed by atoms with E-state index in [-0.39, 0.29) is 5.56 Å². The number of rotatable bonds is 4. The summed E-state index contributed by atoms with van der Waals surface area (Å²) >= 11 is 7.55. The van der Waals surface area contributed by atoms with Crippen LogP contribution in [0, 0.1) is 20.8 Å². The highest BCUT2D eigenvalue weighted by Gasteiger charge is 2.26. The Morgan fingerprint density at radius 1 is 1.19 bits per heavy atom. The van der Waals surface area contributed by atoms with Crippen molar-refractivity contribution in [1.29, 1.82) is 0 Å². The number of carbonyl (C=O) groups excluding carboxylic acids is 2. The van der Waals surface area contributed by atoms with Crippen LogP contribution in [0.25, 0.3) is 11.3 Å². The number of anilines is 1. The van der Waals surface area contributed by atoms with Crippen molar-refractivity contribution < 1.29 is 18.8 Å². The molecule has 6 nitrogen and oxygen atoms in total. The van der Waals surface area contributed by atoms with Crippen LogP contribution in [-0.2, 0) is 4.74 Å². The molecular weight excluding hydrogens is 388 g/mol. The van der Waals surface area contributed by atoms with E-state index in [1.54, 1.807) is 31.2 Å². The van der Waals surface area contributed by atoms with Crippen molar-refractivity contribution in [2.24, 2.45) is 0 Å². The van der Waals surface area contributed by atoms with Gasteiger partial charge in [0.05, 0.1) is 17.7 Å².